The molecule has 2 aromatic carbocycles. The molecule has 8 heteroatoms. The first-order valence-corrected chi connectivity index (χ1v) is 8.86. The SMILES string of the molecule is COc1cc(C2CC2(C(=O)O)C(=O)Nc2ccccc2Cl)cc(OC)c1OC. The second-order valence-electron chi connectivity index (χ2n) is 6.43. The number of nitrogens with one attached hydrogen (secondary N) is 1. The van der Waals surface area contributed by atoms with Crippen LogP contribution in [0.2, 0.25) is 5.02 Å². The third-order valence-corrected chi connectivity index (χ3v) is 5.29. The monoisotopic (exact) mass is 405 g/mol. The number of hydrogen-bond acceptors (Lipinski definition) is 5. The van der Waals surface area contributed by atoms with Crippen LogP contribution >= 0.6 is 11.6 Å². The summed E-state index contributed by atoms with van der Waals surface area (Å²) in [5.74, 6) is -1.16. The molecule has 0 saturated heterocycles. The summed E-state index contributed by atoms with van der Waals surface area (Å²) < 4.78 is 15.9. The van der Waals surface area contributed by atoms with Crippen LogP contribution in [0.5, 0.6) is 17.2 Å². The third kappa shape index (κ3) is 3.22. The number of ether oxygens (including phenoxy) is 3. The molecule has 0 bridgehead atoms. The number of carbonyl (C=O) groups excluding carboxylic acids is 1. The number of rotatable bonds is 7. The zero-order chi connectivity index (χ0) is 20.5. The zero-order valence-electron chi connectivity index (χ0n) is 15.6. The summed E-state index contributed by atoms with van der Waals surface area (Å²) in [6.45, 7) is 0. The van der Waals surface area contributed by atoms with Gasteiger partial charge in [-0.15, -0.1) is 0 Å². The first-order chi connectivity index (χ1) is 13.4. The number of carboxylic acid groups (broad SMARTS) is 1. The first-order valence-electron chi connectivity index (χ1n) is 8.48. The third-order valence-electron chi connectivity index (χ3n) is 4.96. The number of amides is 1. The van der Waals surface area contributed by atoms with Crippen LogP contribution < -0.4 is 19.5 Å². The fourth-order valence-electron chi connectivity index (χ4n) is 3.35. The van der Waals surface area contributed by atoms with Crippen molar-refractivity contribution in [3.05, 3.63) is 47.0 Å². The van der Waals surface area contributed by atoms with E-state index < -0.39 is 23.2 Å². The van der Waals surface area contributed by atoms with Gasteiger partial charge in [0, 0.05) is 5.92 Å². The van der Waals surface area contributed by atoms with Gasteiger partial charge in [-0.3, -0.25) is 9.59 Å². The first kappa shape index (κ1) is 19.8. The van der Waals surface area contributed by atoms with Crippen LogP contribution in [-0.4, -0.2) is 38.3 Å². The average molecular weight is 406 g/mol. The molecule has 0 spiro atoms. The van der Waals surface area contributed by atoms with Crippen molar-refractivity contribution in [2.45, 2.75) is 12.3 Å². The van der Waals surface area contributed by atoms with E-state index in [-0.39, 0.29) is 6.42 Å². The smallest absolute Gasteiger partial charge is 0.319 e. The molecular formula is C20H20ClNO6. The van der Waals surface area contributed by atoms with Crippen molar-refractivity contribution in [3.8, 4) is 17.2 Å². The van der Waals surface area contributed by atoms with Gasteiger partial charge in [-0.25, -0.2) is 0 Å². The lowest BCUT2D eigenvalue weighted by Gasteiger charge is -2.16. The maximum absolute atomic E-state index is 12.9. The van der Waals surface area contributed by atoms with Gasteiger partial charge in [0.1, 0.15) is 0 Å². The Balaban J connectivity index is 1.95. The van der Waals surface area contributed by atoms with E-state index in [2.05, 4.69) is 5.32 Å². The lowest BCUT2D eigenvalue weighted by molar-refractivity contribution is -0.147. The van der Waals surface area contributed by atoms with Gasteiger partial charge in [0.15, 0.2) is 16.9 Å². The van der Waals surface area contributed by atoms with Crippen molar-refractivity contribution in [2.24, 2.45) is 5.41 Å². The molecular weight excluding hydrogens is 386 g/mol. The van der Waals surface area contributed by atoms with Crippen LogP contribution in [0, 0.1) is 5.41 Å². The van der Waals surface area contributed by atoms with Crippen molar-refractivity contribution >= 4 is 29.2 Å². The number of carboxylic acids is 1. The quantitative estimate of drug-likeness (QED) is 0.684. The second kappa shape index (κ2) is 7.59. The molecule has 0 aliphatic heterocycles. The van der Waals surface area contributed by atoms with Crippen molar-refractivity contribution in [3.63, 3.8) is 0 Å². The summed E-state index contributed by atoms with van der Waals surface area (Å²) in [5, 5.41) is 12.8. The van der Waals surface area contributed by atoms with Gasteiger partial charge in [-0.1, -0.05) is 23.7 Å². The Morgan fingerprint density at radius 2 is 1.71 bits per heavy atom. The highest BCUT2D eigenvalue weighted by atomic mass is 35.5. The van der Waals surface area contributed by atoms with Gasteiger partial charge in [0.05, 0.1) is 32.0 Å². The fraction of sp³-hybridized carbons (Fsp3) is 0.300. The van der Waals surface area contributed by atoms with E-state index in [9.17, 15) is 14.7 Å². The normalized spacial score (nSPS) is 20.2. The van der Waals surface area contributed by atoms with E-state index in [4.69, 9.17) is 25.8 Å². The fourth-order valence-corrected chi connectivity index (χ4v) is 3.53. The van der Waals surface area contributed by atoms with Gasteiger partial charge in [0.25, 0.3) is 0 Å². The zero-order valence-corrected chi connectivity index (χ0v) is 16.4. The predicted octanol–water partition coefficient (Wildman–Crippen LogP) is 3.56. The van der Waals surface area contributed by atoms with Crippen molar-refractivity contribution in [1.82, 2.24) is 0 Å². The number of halogens is 1. The summed E-state index contributed by atoms with van der Waals surface area (Å²) in [5.41, 5.74) is -0.611. The lowest BCUT2D eigenvalue weighted by Crippen LogP contribution is -2.33. The van der Waals surface area contributed by atoms with Crippen LogP contribution in [-0.2, 0) is 9.59 Å². The highest BCUT2D eigenvalue weighted by Gasteiger charge is 2.67. The number of para-hydroxylation sites is 1. The molecule has 2 unspecified atom stereocenters. The molecule has 3 rings (SSSR count). The number of hydrogen-bond donors (Lipinski definition) is 2. The molecule has 1 amide bonds. The van der Waals surface area contributed by atoms with Crippen molar-refractivity contribution in [2.75, 3.05) is 26.6 Å². The highest BCUT2D eigenvalue weighted by Crippen LogP contribution is 2.61. The van der Waals surface area contributed by atoms with Crippen LogP contribution in [0.15, 0.2) is 36.4 Å². The summed E-state index contributed by atoms with van der Waals surface area (Å²) in [6.07, 6.45) is 0.150. The van der Waals surface area contributed by atoms with Gasteiger partial charge >= 0.3 is 5.97 Å². The van der Waals surface area contributed by atoms with E-state index in [0.717, 1.165) is 0 Å². The number of aliphatic carboxylic acids is 1. The minimum Gasteiger partial charge on any atom is -0.493 e. The highest BCUT2D eigenvalue weighted by molar-refractivity contribution is 6.34. The van der Waals surface area contributed by atoms with Gasteiger partial charge in [-0.05, 0) is 36.2 Å². The minimum atomic E-state index is -1.59. The number of methoxy groups -OCH3 is 3. The molecule has 7 nitrogen and oxygen atoms in total. The average Bonchev–Trinajstić information content (AvgIpc) is 3.46. The second-order valence-corrected chi connectivity index (χ2v) is 6.83. The van der Waals surface area contributed by atoms with Crippen molar-refractivity contribution < 1.29 is 28.9 Å². The molecule has 0 radical (unpaired) electrons. The van der Waals surface area contributed by atoms with Crippen molar-refractivity contribution in [1.29, 1.82) is 0 Å². The topological polar surface area (TPSA) is 94.1 Å². The Morgan fingerprint density at radius 3 is 2.21 bits per heavy atom. The summed E-state index contributed by atoms with van der Waals surface area (Å²) in [6, 6.07) is 10.00. The molecule has 0 heterocycles. The van der Waals surface area contributed by atoms with Crippen LogP contribution in [0.1, 0.15) is 17.9 Å². The number of carbonyl (C=O) groups is 2. The summed E-state index contributed by atoms with van der Waals surface area (Å²) in [4.78, 5) is 24.9. The molecule has 1 saturated carbocycles. The van der Waals surface area contributed by atoms with Gasteiger partial charge in [0.2, 0.25) is 11.7 Å². The molecule has 28 heavy (non-hydrogen) atoms. The predicted molar refractivity (Wildman–Crippen MR) is 104 cm³/mol. The van der Waals surface area contributed by atoms with Gasteiger partial charge < -0.3 is 24.6 Å². The Morgan fingerprint density at radius 1 is 1.11 bits per heavy atom. The Bertz CT molecular complexity index is 906. The Kier molecular flexibility index (Phi) is 5.38. The van der Waals surface area contributed by atoms with Crippen LogP contribution in [0.25, 0.3) is 0 Å². The van der Waals surface area contributed by atoms with Crippen LogP contribution in [0.4, 0.5) is 5.69 Å². The number of anilines is 1. The largest absolute Gasteiger partial charge is 0.493 e. The molecule has 2 aromatic rings. The maximum Gasteiger partial charge on any atom is 0.319 e. The Labute approximate surface area is 167 Å². The Hall–Kier alpha value is -2.93. The molecule has 2 N–H and O–H groups in total. The summed E-state index contributed by atoms with van der Waals surface area (Å²) >= 11 is 6.08. The van der Waals surface area contributed by atoms with E-state index in [0.29, 0.717) is 33.5 Å². The summed E-state index contributed by atoms with van der Waals surface area (Å²) in [7, 11) is 4.43. The molecule has 1 aliphatic carbocycles. The minimum absolute atomic E-state index is 0.150. The molecule has 0 aromatic heterocycles. The molecule has 1 fully saturated rings. The number of benzene rings is 2. The molecule has 2 atom stereocenters. The maximum atomic E-state index is 12.9. The van der Waals surface area contributed by atoms with E-state index >= 15 is 0 Å². The van der Waals surface area contributed by atoms with E-state index in [1.54, 1.807) is 36.4 Å². The molecule has 148 valence electrons. The van der Waals surface area contributed by atoms with Gasteiger partial charge in [-0.2, -0.15) is 0 Å². The van der Waals surface area contributed by atoms with E-state index in [1.807, 2.05) is 0 Å². The lowest BCUT2D eigenvalue weighted by atomic mass is 9.97. The van der Waals surface area contributed by atoms with Crippen LogP contribution in [0.3, 0.4) is 0 Å². The molecule has 1 aliphatic rings. The van der Waals surface area contributed by atoms with E-state index in [1.165, 1.54) is 21.3 Å². The standard InChI is InChI=1S/C20H20ClNO6/c1-26-15-8-11(9-16(27-2)17(15)28-3)12-10-20(12,19(24)25)18(23)22-14-7-5-4-6-13(14)21/h4-9,12H,10H2,1-3H3,(H,22,23)(H,24,25).